The maximum Gasteiger partial charge on any atom is 0.343 e. The second-order valence-corrected chi connectivity index (χ2v) is 7.24. The quantitative estimate of drug-likeness (QED) is 0.440. The topological polar surface area (TPSA) is 74.3 Å². The average Bonchev–Trinajstić information content (AvgIpc) is 2.94. The zero-order valence-electron chi connectivity index (χ0n) is 16.5. The van der Waals surface area contributed by atoms with E-state index in [0.29, 0.717) is 23.4 Å². The number of halogens is 1. The van der Waals surface area contributed by atoms with Crippen LogP contribution >= 0.6 is 11.6 Å². The number of aryl methyl sites for hydroxylation is 4. The van der Waals surface area contributed by atoms with Crippen LogP contribution in [-0.4, -0.2) is 15.7 Å². The highest BCUT2D eigenvalue weighted by atomic mass is 35.5. The molecular weight excluding hydrogens is 380 g/mol. The molecule has 0 atom stereocenters. The lowest BCUT2D eigenvalue weighted by Gasteiger charge is -2.10. The molecule has 148 valence electrons. The van der Waals surface area contributed by atoms with Gasteiger partial charge in [0.1, 0.15) is 22.9 Å². The largest absolute Gasteiger partial charge is 0.457 e. The van der Waals surface area contributed by atoms with Crippen molar-refractivity contribution < 1.29 is 13.9 Å². The predicted octanol–water partition coefficient (Wildman–Crippen LogP) is 4.73. The Bertz CT molecular complexity index is 1100. The summed E-state index contributed by atoms with van der Waals surface area (Å²) in [4.78, 5) is 24.6. The molecule has 0 fully saturated rings. The predicted molar refractivity (Wildman–Crippen MR) is 108 cm³/mol. The van der Waals surface area contributed by atoms with Gasteiger partial charge in [-0.1, -0.05) is 37.1 Å². The zero-order valence-corrected chi connectivity index (χ0v) is 17.2. The normalized spacial score (nSPS) is 11.2. The smallest absolute Gasteiger partial charge is 0.343 e. The van der Waals surface area contributed by atoms with E-state index in [4.69, 9.17) is 20.8 Å². The molecule has 0 amide bonds. The van der Waals surface area contributed by atoms with Gasteiger partial charge >= 0.3 is 11.6 Å². The van der Waals surface area contributed by atoms with Crippen LogP contribution in [0.5, 0.6) is 0 Å². The highest BCUT2D eigenvalue weighted by molar-refractivity contribution is 6.32. The highest BCUT2D eigenvalue weighted by Gasteiger charge is 2.22. The van der Waals surface area contributed by atoms with Gasteiger partial charge in [-0.25, -0.2) is 9.59 Å². The van der Waals surface area contributed by atoms with Gasteiger partial charge in [0.2, 0.25) is 0 Å². The number of benzene rings is 1. The van der Waals surface area contributed by atoms with Gasteiger partial charge < -0.3 is 9.15 Å². The van der Waals surface area contributed by atoms with Crippen molar-refractivity contribution in [1.29, 1.82) is 0 Å². The number of esters is 1. The molecule has 0 saturated carbocycles. The first-order chi connectivity index (χ1) is 13.3. The van der Waals surface area contributed by atoms with Crippen LogP contribution in [-0.2, 0) is 17.9 Å². The van der Waals surface area contributed by atoms with Crippen LogP contribution in [0.2, 0.25) is 5.15 Å². The first-order valence-corrected chi connectivity index (χ1v) is 9.64. The number of hydrogen-bond acceptors (Lipinski definition) is 5. The summed E-state index contributed by atoms with van der Waals surface area (Å²) in [6, 6.07) is 5.16. The Morgan fingerprint density at radius 3 is 2.75 bits per heavy atom. The second kappa shape index (κ2) is 8.19. The van der Waals surface area contributed by atoms with Crippen LogP contribution in [0, 0.1) is 20.8 Å². The molecule has 0 aliphatic carbocycles. The third kappa shape index (κ3) is 3.83. The SMILES string of the molecule is CCCCn1nc(C)c(C(=O)OCc2cc(=O)oc3c(C)c(C)ccc23)c1Cl. The third-order valence-corrected chi connectivity index (χ3v) is 5.25. The van der Waals surface area contributed by atoms with E-state index in [1.807, 2.05) is 26.0 Å². The van der Waals surface area contributed by atoms with Crippen molar-refractivity contribution >= 4 is 28.5 Å². The first kappa shape index (κ1) is 20.1. The molecule has 28 heavy (non-hydrogen) atoms. The summed E-state index contributed by atoms with van der Waals surface area (Å²) in [6.45, 7) is 8.23. The Hall–Kier alpha value is -2.60. The van der Waals surface area contributed by atoms with Gasteiger partial charge in [0.05, 0.1) is 5.69 Å². The van der Waals surface area contributed by atoms with E-state index < -0.39 is 11.6 Å². The molecule has 0 aliphatic rings. The van der Waals surface area contributed by atoms with Gasteiger partial charge in [-0.2, -0.15) is 5.10 Å². The molecule has 2 heterocycles. The fraction of sp³-hybridized carbons (Fsp3) is 0.381. The molecule has 3 aromatic rings. The van der Waals surface area contributed by atoms with E-state index >= 15 is 0 Å². The summed E-state index contributed by atoms with van der Waals surface area (Å²) >= 11 is 6.34. The molecule has 6 nitrogen and oxygen atoms in total. The minimum absolute atomic E-state index is 0.0562. The molecular formula is C21H23ClN2O4. The number of carbonyl (C=O) groups is 1. The van der Waals surface area contributed by atoms with E-state index in [1.165, 1.54) is 6.07 Å². The Morgan fingerprint density at radius 2 is 2.04 bits per heavy atom. The number of rotatable bonds is 6. The molecule has 0 aliphatic heterocycles. The summed E-state index contributed by atoms with van der Waals surface area (Å²) < 4.78 is 12.4. The van der Waals surface area contributed by atoms with Crippen molar-refractivity contribution in [2.24, 2.45) is 0 Å². The van der Waals surface area contributed by atoms with Gasteiger partial charge in [-0.15, -0.1) is 0 Å². The standard InChI is InChI=1S/C21H23ClN2O4/c1-5-6-9-24-20(22)18(14(4)23-24)21(26)27-11-15-10-17(25)28-19-13(3)12(2)7-8-16(15)19/h7-8,10H,5-6,9,11H2,1-4H3. The Balaban J connectivity index is 1.87. The van der Waals surface area contributed by atoms with Crippen LogP contribution in [0.15, 0.2) is 27.4 Å². The van der Waals surface area contributed by atoms with Crippen LogP contribution in [0.3, 0.4) is 0 Å². The first-order valence-electron chi connectivity index (χ1n) is 9.26. The van der Waals surface area contributed by atoms with Crippen LogP contribution in [0.4, 0.5) is 0 Å². The number of ether oxygens (including phenoxy) is 1. The van der Waals surface area contributed by atoms with Crippen molar-refractivity contribution in [3.05, 3.63) is 61.7 Å². The number of hydrogen-bond donors (Lipinski definition) is 0. The van der Waals surface area contributed by atoms with Crippen molar-refractivity contribution in [3.63, 3.8) is 0 Å². The van der Waals surface area contributed by atoms with Gasteiger partial charge in [-0.3, -0.25) is 4.68 Å². The highest BCUT2D eigenvalue weighted by Crippen LogP contribution is 2.25. The summed E-state index contributed by atoms with van der Waals surface area (Å²) in [5.41, 5.74) is 3.32. The van der Waals surface area contributed by atoms with Crippen LogP contribution in [0.1, 0.15) is 52.5 Å². The molecule has 0 unspecified atom stereocenters. The van der Waals surface area contributed by atoms with Gasteiger partial charge in [0, 0.05) is 23.6 Å². The minimum atomic E-state index is -0.560. The minimum Gasteiger partial charge on any atom is -0.457 e. The number of carbonyl (C=O) groups excluding carboxylic acids is 1. The Morgan fingerprint density at radius 1 is 1.29 bits per heavy atom. The number of nitrogens with zero attached hydrogens (tertiary/aromatic N) is 2. The lowest BCUT2D eigenvalue weighted by molar-refractivity contribution is 0.0473. The van der Waals surface area contributed by atoms with E-state index in [9.17, 15) is 9.59 Å². The van der Waals surface area contributed by atoms with Crippen molar-refractivity contribution in [2.45, 2.75) is 53.7 Å². The lowest BCUT2D eigenvalue weighted by atomic mass is 10.0. The molecule has 7 heteroatoms. The van der Waals surface area contributed by atoms with Gasteiger partial charge in [0.15, 0.2) is 0 Å². The molecule has 2 aromatic heterocycles. The fourth-order valence-corrected chi connectivity index (χ4v) is 3.44. The third-order valence-electron chi connectivity index (χ3n) is 4.87. The van der Waals surface area contributed by atoms with Crippen LogP contribution in [0.25, 0.3) is 11.0 Å². The zero-order chi connectivity index (χ0) is 20.4. The summed E-state index contributed by atoms with van der Waals surface area (Å²) in [5, 5.41) is 5.35. The summed E-state index contributed by atoms with van der Waals surface area (Å²) in [7, 11) is 0. The maximum atomic E-state index is 12.6. The average molecular weight is 403 g/mol. The van der Waals surface area contributed by atoms with Gasteiger partial charge in [0.25, 0.3) is 0 Å². The number of unbranched alkanes of at least 4 members (excludes halogenated alkanes) is 1. The summed E-state index contributed by atoms with van der Waals surface area (Å²) in [6.07, 6.45) is 1.91. The van der Waals surface area contributed by atoms with Crippen molar-refractivity contribution in [1.82, 2.24) is 9.78 Å². The number of fused-ring (bicyclic) bond motifs is 1. The second-order valence-electron chi connectivity index (χ2n) is 6.88. The molecule has 1 aromatic carbocycles. The molecule has 0 bridgehead atoms. The van der Waals surface area contributed by atoms with E-state index in [-0.39, 0.29) is 17.3 Å². The summed E-state index contributed by atoms with van der Waals surface area (Å²) in [5.74, 6) is -0.560. The Labute approximate surface area is 168 Å². The monoisotopic (exact) mass is 402 g/mol. The maximum absolute atomic E-state index is 12.6. The fourth-order valence-electron chi connectivity index (χ4n) is 3.10. The lowest BCUT2D eigenvalue weighted by Crippen LogP contribution is -2.09. The van der Waals surface area contributed by atoms with E-state index in [1.54, 1.807) is 11.6 Å². The molecule has 0 saturated heterocycles. The van der Waals surface area contributed by atoms with Gasteiger partial charge in [-0.05, 0) is 38.3 Å². The molecule has 3 rings (SSSR count). The number of aromatic nitrogens is 2. The molecule has 0 radical (unpaired) electrons. The van der Waals surface area contributed by atoms with Crippen molar-refractivity contribution in [3.8, 4) is 0 Å². The van der Waals surface area contributed by atoms with E-state index in [0.717, 1.165) is 29.4 Å². The molecule has 0 spiro atoms. The van der Waals surface area contributed by atoms with Crippen LogP contribution < -0.4 is 5.63 Å². The Kier molecular flexibility index (Phi) is 5.89. The molecule has 0 N–H and O–H groups in total. The van der Waals surface area contributed by atoms with E-state index in [2.05, 4.69) is 12.0 Å². The van der Waals surface area contributed by atoms with Crippen molar-refractivity contribution in [2.75, 3.05) is 0 Å².